The maximum atomic E-state index is 12.1. The molecule has 0 amide bonds. The molecule has 0 saturated carbocycles. The average Bonchev–Trinajstić information content (AvgIpc) is 3.89. The van der Waals surface area contributed by atoms with Crippen molar-refractivity contribution in [2.24, 2.45) is 0 Å². The molecule has 2 aromatic rings. The first-order valence-electron chi connectivity index (χ1n) is 22.7. The number of ether oxygens (including phenoxy) is 4. The van der Waals surface area contributed by atoms with Gasteiger partial charge in [-0.25, -0.2) is 9.29 Å². The summed E-state index contributed by atoms with van der Waals surface area (Å²) in [4.78, 5) is 74.3. The van der Waals surface area contributed by atoms with Gasteiger partial charge in [-0.05, 0) is 40.2 Å². The van der Waals surface area contributed by atoms with Crippen molar-refractivity contribution in [3.8, 4) is 0 Å². The number of carbonyl (C=O) groups excluding carboxylic acids is 3. The Morgan fingerprint density at radius 2 is 1.11 bits per heavy atom. The number of aliphatic hydroxyl groups excluding tert-OH is 12. The lowest BCUT2D eigenvalue weighted by atomic mass is 9.97. The van der Waals surface area contributed by atoms with E-state index < -0.39 is 162 Å². The summed E-state index contributed by atoms with van der Waals surface area (Å²) in [6, 6.07) is 0. The highest BCUT2D eigenvalue weighted by Gasteiger charge is 2.47. The number of Topliss-reactive ketones (excluding diaryl/α,β-unsaturated/α-hetero) is 1. The molecule has 4 fully saturated rings. The maximum absolute atomic E-state index is 12.1. The molecule has 6 heterocycles. The van der Waals surface area contributed by atoms with Crippen molar-refractivity contribution in [2.75, 3.05) is 12.3 Å². The second-order valence-corrected chi connectivity index (χ2v) is 18.9. The molecule has 0 aromatic carbocycles. The zero-order chi connectivity index (χ0) is 59.7. The van der Waals surface area contributed by atoms with Crippen LogP contribution in [0, 0.1) is 0 Å². The normalized spacial score (nSPS) is 35.2. The molecule has 0 spiro atoms. The van der Waals surface area contributed by atoms with Crippen LogP contribution in [0.15, 0.2) is 23.3 Å². The first-order chi connectivity index (χ1) is 35.0. The number of carbonyl (C=O) groups is 3. The SMILES string of the molecule is C=C(C)C(=O)[O-].CC.CC.CC(=O)C(=O)[O-].CC1O[C@H](C)C(O)C(O)[C@@H]1O.CC1O[C@H](O)C(O)[C@@H](O)[C@@H]1O.CC1O[C@H](OP(=O)([O-])OP(=O)([O-])OC[C@H]2O[C@@H](n3cnc4c(=O)[nH]c(N)nc43)C(O)[C@H]2O)C(O)[C@@H](O)[C@@H]1O. The van der Waals surface area contributed by atoms with Gasteiger partial charge in [-0.15, -0.1) is 0 Å². The molecule has 34 nitrogen and oxygen atoms in total. The Hall–Kier alpha value is -3.88. The monoisotopic (exact) mass is 1150 g/mol. The number of H-pyrrole nitrogens is 1. The van der Waals surface area contributed by atoms with Crippen molar-refractivity contribution in [3.63, 3.8) is 0 Å². The first kappa shape index (κ1) is 72.1. The number of phosphoric ester groups is 2. The van der Waals surface area contributed by atoms with E-state index in [-0.39, 0.29) is 22.7 Å². The van der Waals surface area contributed by atoms with E-state index in [1.807, 2.05) is 27.7 Å². The van der Waals surface area contributed by atoms with Gasteiger partial charge in [0.25, 0.3) is 21.2 Å². The van der Waals surface area contributed by atoms with Crippen LogP contribution in [0.3, 0.4) is 0 Å². The number of carboxylic acids is 2. The standard InChI is InChI=1S/C16H25N5O15P2.C7H14O4.C6H12O5.C4H6O2.C3H4O3.2C2H6/c1-4-7(22)9(24)11(26)15(33-4)35-38(30,31)36-37(28,29)32-2-5-8(23)10(25)14(34-5)21-3-18-6-12(21)19-16(17)20-13(6)27;1-3-5(8)7(10)6(9)4(2)11-3;1-2-3(7)4(8)5(9)6(10)11-2;1-3(2)4(5)6;1-2(4)3(5)6;2*1-2/h3-5,7-11,14-15,22-26H,2H2,1H3,(H,28,29)(H,30,31)(H3,17,19,20,27);3-10H,1-2H3;2-10H,1H3;1H2,2H3,(H,5,6);1H3,(H,5,6);2*1-2H3/p-4/t4?,5-,7-,8+,9+,10?,11?,14-,15-;3-,4?,5?,6-,7?;2?,3-,4+,5?,6+;;;;/m111..../s1. The predicted octanol–water partition coefficient (Wildman–Crippen LogP) is -8.49. The summed E-state index contributed by atoms with van der Waals surface area (Å²) in [5, 5.41) is 132. The highest BCUT2D eigenvalue weighted by Crippen LogP contribution is 2.57. The van der Waals surface area contributed by atoms with Crippen LogP contribution in [0.5, 0.6) is 0 Å². The van der Waals surface area contributed by atoms with Gasteiger partial charge in [-0.1, -0.05) is 34.3 Å². The predicted molar refractivity (Wildman–Crippen MR) is 245 cm³/mol. The van der Waals surface area contributed by atoms with Crippen LogP contribution in [0.2, 0.25) is 0 Å². The van der Waals surface area contributed by atoms with Gasteiger partial charge >= 0.3 is 0 Å². The number of aliphatic carboxylic acids is 2. The Bertz CT molecular complexity index is 2190. The molecule has 4 aliphatic rings. The Balaban J connectivity index is 0.00000119. The van der Waals surface area contributed by atoms with Crippen molar-refractivity contribution in [3.05, 3.63) is 28.8 Å². The Morgan fingerprint density at radius 1 is 0.684 bits per heavy atom. The number of imidazole rings is 1. The first-order valence-corrected chi connectivity index (χ1v) is 25.6. The minimum Gasteiger partial charge on any atom is -0.756 e. The van der Waals surface area contributed by atoms with Crippen LogP contribution in [-0.4, -0.2) is 215 Å². The molecule has 2 aromatic heterocycles. The molecule has 21 atom stereocenters. The number of hydrogen-bond donors (Lipinski definition) is 14. The topological polar surface area (TPSA) is 575 Å². The molecule has 6 rings (SSSR count). The number of fused-ring (bicyclic) bond motifs is 1. The number of ketones is 1. The van der Waals surface area contributed by atoms with Gasteiger partial charge < -0.3 is 120 Å². The number of nitrogens with one attached hydrogen (secondary N) is 1. The highest BCUT2D eigenvalue weighted by molar-refractivity contribution is 7.59. The number of phosphoric acid groups is 2. The largest absolute Gasteiger partial charge is 0.756 e. The number of rotatable bonds is 10. The molecule has 15 N–H and O–H groups in total. The second-order valence-electron chi connectivity index (χ2n) is 16.0. The minimum atomic E-state index is -5.82. The fourth-order valence-corrected chi connectivity index (χ4v) is 8.15. The number of anilines is 1. The van der Waals surface area contributed by atoms with Crippen LogP contribution >= 0.6 is 15.6 Å². The van der Waals surface area contributed by atoms with Crippen LogP contribution < -0.4 is 31.3 Å². The van der Waals surface area contributed by atoms with Crippen molar-refractivity contribution < 1.29 is 137 Å². The van der Waals surface area contributed by atoms with Crippen LogP contribution in [-0.2, 0) is 55.8 Å². The number of hydrogen-bond acceptors (Lipinski definition) is 32. The molecule has 442 valence electrons. The third-order valence-corrected chi connectivity index (χ3v) is 12.8. The Labute approximate surface area is 433 Å². The molecule has 36 heteroatoms. The zero-order valence-electron chi connectivity index (χ0n) is 42.6. The van der Waals surface area contributed by atoms with Crippen LogP contribution in [0.1, 0.15) is 75.5 Å². The Morgan fingerprint density at radius 3 is 1.55 bits per heavy atom. The number of aromatic nitrogens is 4. The van der Waals surface area contributed by atoms with Gasteiger partial charge in [-0.2, -0.15) is 4.98 Å². The second kappa shape index (κ2) is 32.3. The molecule has 0 aliphatic carbocycles. The van der Waals surface area contributed by atoms with Crippen molar-refractivity contribution in [1.29, 1.82) is 0 Å². The number of nitrogens with two attached hydrogens (primary N) is 1. The lowest BCUT2D eigenvalue weighted by Gasteiger charge is -2.41. The molecule has 0 radical (unpaired) electrons. The Kier molecular flexibility index (Phi) is 30.6. The number of carboxylic acid groups (broad SMARTS) is 2. The summed E-state index contributed by atoms with van der Waals surface area (Å²) in [6.07, 6.45) is -24.2. The molecular weight excluding hydrogens is 1080 g/mol. The molecule has 76 heavy (non-hydrogen) atoms. The highest BCUT2D eigenvalue weighted by atomic mass is 31.3. The van der Waals surface area contributed by atoms with Gasteiger partial charge in [0, 0.05) is 6.92 Å². The number of nitrogen functional groups attached to an aromatic ring is 1. The molecule has 4 saturated heterocycles. The van der Waals surface area contributed by atoms with E-state index in [9.17, 15) is 89.2 Å². The van der Waals surface area contributed by atoms with E-state index in [2.05, 4.69) is 39.6 Å². The van der Waals surface area contributed by atoms with Crippen LogP contribution in [0.4, 0.5) is 5.95 Å². The van der Waals surface area contributed by atoms with Gasteiger partial charge in [0.2, 0.25) is 5.95 Å². The van der Waals surface area contributed by atoms with Crippen molar-refractivity contribution in [2.45, 2.75) is 186 Å². The van der Waals surface area contributed by atoms with Gasteiger partial charge in [0.1, 0.15) is 79.2 Å². The van der Waals surface area contributed by atoms with E-state index in [4.69, 9.17) is 40.4 Å². The minimum absolute atomic E-state index is 0.0648. The summed E-state index contributed by atoms with van der Waals surface area (Å²) in [7, 11) is -11.6. The third-order valence-electron chi connectivity index (χ3n) is 10.3. The quantitative estimate of drug-likeness (QED) is 0.0597. The molecule has 0 bridgehead atoms. The molecular formula is C40H69N5O29P2-4. The lowest BCUT2D eigenvalue weighted by molar-refractivity contribution is -0.300. The molecule has 4 aliphatic heterocycles. The third kappa shape index (κ3) is 21.1. The maximum Gasteiger partial charge on any atom is 0.280 e. The van der Waals surface area contributed by atoms with E-state index in [0.717, 1.165) is 17.8 Å². The fraction of sp³-hybridized carbons (Fsp3) is 0.750. The van der Waals surface area contributed by atoms with E-state index >= 15 is 0 Å². The summed E-state index contributed by atoms with van der Waals surface area (Å²) in [5.74, 6) is -4.03. The average molecular weight is 1150 g/mol. The summed E-state index contributed by atoms with van der Waals surface area (Å²) < 4.78 is 58.1. The van der Waals surface area contributed by atoms with E-state index in [1.54, 1.807) is 13.8 Å². The zero-order valence-corrected chi connectivity index (χ0v) is 44.4. The summed E-state index contributed by atoms with van der Waals surface area (Å²) in [5.41, 5.74) is 4.59. The van der Waals surface area contributed by atoms with Gasteiger partial charge in [0.15, 0.2) is 35.8 Å². The summed E-state index contributed by atoms with van der Waals surface area (Å²) in [6.45, 7) is 18.4. The van der Waals surface area contributed by atoms with Gasteiger partial charge in [-0.3, -0.25) is 32.8 Å². The lowest BCUT2D eigenvalue weighted by Crippen LogP contribution is -2.57. The number of aromatic amines is 1. The van der Waals surface area contributed by atoms with E-state index in [1.165, 1.54) is 20.8 Å². The van der Waals surface area contributed by atoms with Crippen LogP contribution in [0.25, 0.3) is 11.2 Å². The summed E-state index contributed by atoms with van der Waals surface area (Å²) >= 11 is 0. The number of nitrogens with zero attached hydrogens (tertiary/aromatic N) is 3. The van der Waals surface area contributed by atoms with Gasteiger partial charge in [0.05, 0.1) is 43.3 Å². The van der Waals surface area contributed by atoms with E-state index in [0.29, 0.717) is 0 Å². The van der Waals surface area contributed by atoms with Crippen molar-refractivity contribution >= 4 is 50.5 Å². The molecule has 10 unspecified atom stereocenters. The van der Waals surface area contributed by atoms with Crippen molar-refractivity contribution in [1.82, 2.24) is 19.5 Å². The smallest absolute Gasteiger partial charge is 0.280 e. The number of aliphatic hydroxyl groups is 12. The fourth-order valence-electron chi connectivity index (χ4n) is 6.07.